The third kappa shape index (κ3) is 5.50. The molecule has 0 unspecified atom stereocenters. The normalized spacial score (nSPS) is 11.9. The third-order valence-electron chi connectivity index (χ3n) is 3.47. The topological polar surface area (TPSA) is 50.2 Å². The van der Waals surface area contributed by atoms with Gasteiger partial charge in [0.05, 0.1) is 16.7 Å². The molecule has 1 heterocycles. The van der Waals surface area contributed by atoms with Crippen molar-refractivity contribution in [3.8, 4) is 0 Å². The van der Waals surface area contributed by atoms with Crippen molar-refractivity contribution in [3.63, 3.8) is 0 Å². The highest BCUT2D eigenvalue weighted by molar-refractivity contribution is 8.13. The minimum atomic E-state index is 0.859. The number of nitrogens with one attached hydrogen (secondary N) is 1. The largest absolute Gasteiger partial charge is 0.365 e. The molecule has 2 rings (SSSR count). The van der Waals surface area contributed by atoms with Gasteiger partial charge in [-0.15, -0.1) is 0 Å². The number of aromatic nitrogens is 2. The van der Waals surface area contributed by atoms with E-state index in [4.69, 9.17) is 9.98 Å². The van der Waals surface area contributed by atoms with Crippen LogP contribution in [0.3, 0.4) is 0 Å². The fraction of sp³-hybridized carbons (Fsp3) is 0.500. The molecule has 0 aliphatic rings. The second-order valence-corrected chi connectivity index (χ2v) is 6.50. The molecule has 0 atom stereocenters. The fourth-order valence-electron chi connectivity index (χ4n) is 2.10. The summed E-state index contributed by atoms with van der Waals surface area (Å²) >= 11 is 1.60. The third-order valence-corrected chi connectivity index (χ3v) is 4.52. The second-order valence-electron chi connectivity index (χ2n) is 5.53. The Bertz CT molecular complexity index is 655. The molecule has 4 nitrogen and oxygen atoms in total. The molecule has 1 aromatic carbocycles. The number of benzene rings is 1. The van der Waals surface area contributed by atoms with E-state index in [0.717, 1.165) is 59.3 Å². The number of amidine groups is 1. The van der Waals surface area contributed by atoms with Gasteiger partial charge < -0.3 is 5.32 Å². The summed E-state index contributed by atoms with van der Waals surface area (Å²) in [6.45, 7) is 8.21. The smallest absolute Gasteiger partial charge is 0.163 e. The zero-order valence-corrected chi connectivity index (χ0v) is 15.1. The van der Waals surface area contributed by atoms with E-state index in [9.17, 15) is 0 Å². The average Bonchev–Trinajstić information content (AvgIpc) is 2.55. The van der Waals surface area contributed by atoms with Gasteiger partial charge in [0.1, 0.15) is 5.03 Å². The Morgan fingerprint density at radius 3 is 2.48 bits per heavy atom. The fourth-order valence-corrected chi connectivity index (χ4v) is 2.95. The van der Waals surface area contributed by atoms with Crippen molar-refractivity contribution in [1.82, 2.24) is 15.3 Å². The first kappa shape index (κ1) is 17.7. The summed E-state index contributed by atoms with van der Waals surface area (Å²) in [6.07, 6.45) is 4.59. The Morgan fingerprint density at radius 2 is 1.78 bits per heavy atom. The number of para-hydroxylation sites is 2. The Kier molecular flexibility index (Phi) is 7.33. The van der Waals surface area contributed by atoms with Crippen LogP contribution in [-0.4, -0.2) is 28.2 Å². The lowest BCUT2D eigenvalue weighted by Gasteiger charge is -2.11. The van der Waals surface area contributed by atoms with Gasteiger partial charge in [-0.25, -0.2) is 9.97 Å². The van der Waals surface area contributed by atoms with E-state index in [1.807, 2.05) is 31.2 Å². The van der Waals surface area contributed by atoms with Crippen molar-refractivity contribution in [2.24, 2.45) is 4.99 Å². The highest BCUT2D eigenvalue weighted by Crippen LogP contribution is 2.22. The molecular weight excluding hydrogens is 304 g/mol. The molecule has 5 heteroatoms. The molecule has 0 saturated carbocycles. The maximum absolute atomic E-state index is 4.75. The van der Waals surface area contributed by atoms with E-state index in [-0.39, 0.29) is 0 Å². The average molecular weight is 331 g/mol. The van der Waals surface area contributed by atoms with E-state index in [2.05, 4.69) is 24.1 Å². The molecule has 2 aromatic rings. The Labute approximate surface area is 143 Å². The van der Waals surface area contributed by atoms with Gasteiger partial charge in [0, 0.05) is 13.1 Å². The van der Waals surface area contributed by atoms with Crippen molar-refractivity contribution in [2.75, 3.05) is 13.1 Å². The molecule has 124 valence electrons. The number of thioether (sulfide) groups is 1. The molecule has 0 amide bonds. The van der Waals surface area contributed by atoms with Gasteiger partial charge in [0.25, 0.3) is 0 Å². The van der Waals surface area contributed by atoms with E-state index < -0.39 is 0 Å². The summed E-state index contributed by atoms with van der Waals surface area (Å²) in [5.74, 6) is 0. The summed E-state index contributed by atoms with van der Waals surface area (Å²) < 4.78 is 0. The molecule has 23 heavy (non-hydrogen) atoms. The SMILES string of the molecule is CCCCN=C(NCCCC)Sc1nc2ccccc2nc1C. The quantitative estimate of drug-likeness (QED) is 0.349. The maximum atomic E-state index is 4.75. The maximum Gasteiger partial charge on any atom is 0.163 e. The first-order valence-electron chi connectivity index (χ1n) is 8.44. The lowest BCUT2D eigenvalue weighted by Crippen LogP contribution is -2.22. The lowest BCUT2D eigenvalue weighted by molar-refractivity contribution is 0.751. The van der Waals surface area contributed by atoms with Crippen LogP contribution in [-0.2, 0) is 0 Å². The first-order valence-corrected chi connectivity index (χ1v) is 9.25. The first-order chi connectivity index (χ1) is 11.2. The summed E-state index contributed by atoms with van der Waals surface area (Å²) in [5.41, 5.74) is 2.83. The van der Waals surface area contributed by atoms with Gasteiger partial charge in [0.15, 0.2) is 5.17 Å². The van der Waals surface area contributed by atoms with Gasteiger partial charge in [-0.2, -0.15) is 0 Å². The highest BCUT2D eigenvalue weighted by Gasteiger charge is 2.09. The van der Waals surface area contributed by atoms with Crippen molar-refractivity contribution >= 4 is 28.0 Å². The van der Waals surface area contributed by atoms with Crippen LogP contribution in [0.2, 0.25) is 0 Å². The predicted octanol–water partition coefficient (Wildman–Crippen LogP) is 4.58. The van der Waals surface area contributed by atoms with Gasteiger partial charge >= 0.3 is 0 Å². The van der Waals surface area contributed by atoms with Crippen molar-refractivity contribution in [2.45, 2.75) is 51.5 Å². The summed E-state index contributed by atoms with van der Waals surface area (Å²) in [4.78, 5) is 14.1. The molecular formula is C18H26N4S. The number of aryl methyl sites for hydroxylation is 1. The lowest BCUT2D eigenvalue weighted by atomic mass is 10.3. The van der Waals surface area contributed by atoms with E-state index >= 15 is 0 Å². The van der Waals surface area contributed by atoms with Crippen LogP contribution in [0.15, 0.2) is 34.3 Å². The predicted molar refractivity (Wildman–Crippen MR) is 100 cm³/mol. The Balaban J connectivity index is 2.16. The minimum Gasteiger partial charge on any atom is -0.365 e. The Morgan fingerprint density at radius 1 is 1.09 bits per heavy atom. The van der Waals surface area contributed by atoms with Gasteiger partial charge in [-0.05, 0) is 43.7 Å². The molecule has 1 aromatic heterocycles. The molecule has 0 saturated heterocycles. The highest BCUT2D eigenvalue weighted by atomic mass is 32.2. The Hall–Kier alpha value is -1.62. The molecule has 0 radical (unpaired) electrons. The molecule has 0 aliphatic carbocycles. The van der Waals surface area contributed by atoms with Crippen molar-refractivity contribution < 1.29 is 0 Å². The zero-order chi connectivity index (χ0) is 16.5. The van der Waals surface area contributed by atoms with Crippen molar-refractivity contribution in [1.29, 1.82) is 0 Å². The van der Waals surface area contributed by atoms with Crippen LogP contribution in [0.5, 0.6) is 0 Å². The number of hydrogen-bond acceptors (Lipinski definition) is 4. The number of unbranched alkanes of at least 4 members (excludes halogenated alkanes) is 2. The molecule has 0 spiro atoms. The summed E-state index contributed by atoms with van der Waals surface area (Å²) in [7, 11) is 0. The van der Waals surface area contributed by atoms with Crippen molar-refractivity contribution in [3.05, 3.63) is 30.0 Å². The summed E-state index contributed by atoms with van der Waals surface area (Å²) in [5, 5.41) is 5.34. The standard InChI is InChI=1S/C18H26N4S/c1-4-6-12-19-18(20-13-7-5-2)23-17-14(3)21-15-10-8-9-11-16(15)22-17/h8-11H,4-7,12-13H2,1-3H3,(H,19,20). The van der Waals surface area contributed by atoms with E-state index in [1.54, 1.807) is 11.8 Å². The van der Waals surface area contributed by atoms with Crippen LogP contribution >= 0.6 is 11.8 Å². The van der Waals surface area contributed by atoms with Crippen LogP contribution in [0.4, 0.5) is 0 Å². The van der Waals surface area contributed by atoms with Gasteiger partial charge in [-0.3, -0.25) is 4.99 Å². The molecule has 1 N–H and O–H groups in total. The van der Waals surface area contributed by atoms with E-state index in [0.29, 0.717) is 0 Å². The molecule has 0 fully saturated rings. The van der Waals surface area contributed by atoms with Crippen LogP contribution < -0.4 is 5.32 Å². The van der Waals surface area contributed by atoms with Crippen LogP contribution in [0, 0.1) is 6.92 Å². The number of nitrogens with zero attached hydrogens (tertiary/aromatic N) is 3. The number of rotatable bonds is 7. The van der Waals surface area contributed by atoms with Gasteiger partial charge in [-0.1, -0.05) is 38.8 Å². The number of aliphatic imine (C=N–C) groups is 1. The van der Waals surface area contributed by atoms with Gasteiger partial charge in [0.2, 0.25) is 0 Å². The number of fused-ring (bicyclic) bond motifs is 1. The summed E-state index contributed by atoms with van der Waals surface area (Å²) in [6, 6.07) is 7.99. The van der Waals surface area contributed by atoms with E-state index in [1.165, 1.54) is 6.42 Å². The molecule has 0 aliphatic heterocycles. The molecule has 0 bridgehead atoms. The van der Waals surface area contributed by atoms with Crippen LogP contribution in [0.25, 0.3) is 11.0 Å². The second kappa shape index (κ2) is 9.50. The number of hydrogen-bond donors (Lipinski definition) is 1. The van der Waals surface area contributed by atoms with Crippen LogP contribution in [0.1, 0.15) is 45.2 Å². The minimum absolute atomic E-state index is 0.859. The zero-order valence-electron chi connectivity index (χ0n) is 14.3. The monoisotopic (exact) mass is 330 g/mol.